The number of aliphatic hydroxyl groups is 1. The Morgan fingerprint density at radius 2 is 2.13 bits per heavy atom. The monoisotopic (exact) mass is 237 g/mol. The Kier molecular flexibility index (Phi) is 10.8. The van der Waals surface area contributed by atoms with Crippen LogP contribution >= 0.6 is 11.8 Å². The zero-order valence-electron chi connectivity index (χ0n) is 9.86. The van der Waals surface area contributed by atoms with E-state index in [0.29, 0.717) is 19.8 Å². The highest BCUT2D eigenvalue weighted by Crippen LogP contribution is 1.93. The van der Waals surface area contributed by atoms with Crippen molar-refractivity contribution in [2.75, 3.05) is 45.4 Å². The van der Waals surface area contributed by atoms with E-state index in [-0.39, 0.29) is 6.10 Å². The van der Waals surface area contributed by atoms with Crippen LogP contribution in [0.5, 0.6) is 0 Å². The summed E-state index contributed by atoms with van der Waals surface area (Å²) in [6, 6.07) is 0. The minimum Gasteiger partial charge on any atom is -0.389 e. The average Bonchev–Trinajstić information content (AvgIpc) is 2.22. The Morgan fingerprint density at radius 3 is 2.73 bits per heavy atom. The summed E-state index contributed by atoms with van der Waals surface area (Å²) in [6.45, 7) is 4.35. The number of hydrogen-bond donors (Lipinski definition) is 2. The van der Waals surface area contributed by atoms with Crippen LogP contribution in [0.3, 0.4) is 0 Å². The van der Waals surface area contributed by atoms with Crippen molar-refractivity contribution in [2.45, 2.75) is 19.1 Å². The van der Waals surface area contributed by atoms with Gasteiger partial charge in [0, 0.05) is 26.0 Å². The van der Waals surface area contributed by atoms with Gasteiger partial charge in [-0.25, -0.2) is 0 Å². The molecule has 0 bridgehead atoms. The molecule has 0 rings (SSSR count). The van der Waals surface area contributed by atoms with E-state index in [1.54, 1.807) is 18.9 Å². The maximum Gasteiger partial charge on any atom is 0.0897 e. The van der Waals surface area contributed by atoms with Gasteiger partial charge in [-0.15, -0.1) is 0 Å². The fraction of sp³-hybridized carbons (Fsp3) is 1.00. The van der Waals surface area contributed by atoms with E-state index in [2.05, 4.69) is 11.6 Å². The van der Waals surface area contributed by atoms with E-state index in [1.807, 2.05) is 6.92 Å². The van der Waals surface area contributed by atoms with Crippen LogP contribution in [-0.4, -0.2) is 62.7 Å². The second kappa shape index (κ2) is 10.7. The Hall–Kier alpha value is 0.190. The lowest BCUT2D eigenvalue weighted by Gasteiger charge is -2.16. The molecule has 2 N–H and O–H groups in total. The van der Waals surface area contributed by atoms with Crippen molar-refractivity contribution in [1.82, 2.24) is 5.32 Å². The van der Waals surface area contributed by atoms with Crippen molar-refractivity contribution in [1.29, 1.82) is 0 Å². The summed E-state index contributed by atoms with van der Waals surface area (Å²) < 4.78 is 10.3. The fourth-order valence-corrected chi connectivity index (χ4v) is 1.41. The SMILES string of the molecule is COCC(C)OCC(O)CNCCSC. The molecule has 0 aliphatic carbocycles. The van der Waals surface area contributed by atoms with E-state index in [1.165, 1.54) is 0 Å². The molecule has 0 saturated heterocycles. The van der Waals surface area contributed by atoms with Crippen LogP contribution in [0.4, 0.5) is 0 Å². The van der Waals surface area contributed by atoms with Crippen molar-refractivity contribution in [3.05, 3.63) is 0 Å². The molecule has 92 valence electrons. The molecule has 15 heavy (non-hydrogen) atoms. The first-order valence-electron chi connectivity index (χ1n) is 5.19. The molecule has 0 aromatic heterocycles. The van der Waals surface area contributed by atoms with Crippen LogP contribution in [0.15, 0.2) is 0 Å². The Labute approximate surface area is 96.7 Å². The van der Waals surface area contributed by atoms with Crippen molar-refractivity contribution in [3.63, 3.8) is 0 Å². The van der Waals surface area contributed by atoms with E-state index in [9.17, 15) is 5.11 Å². The molecular formula is C10H23NO3S. The summed E-state index contributed by atoms with van der Waals surface area (Å²) in [5.74, 6) is 1.06. The maximum atomic E-state index is 9.53. The molecule has 0 aliphatic heterocycles. The van der Waals surface area contributed by atoms with Crippen LogP contribution in [0.25, 0.3) is 0 Å². The number of methoxy groups -OCH3 is 1. The predicted molar refractivity (Wildman–Crippen MR) is 64.5 cm³/mol. The third-order valence-electron chi connectivity index (χ3n) is 1.84. The summed E-state index contributed by atoms with van der Waals surface area (Å²) in [6.07, 6.45) is 1.66. The number of hydrogen-bond acceptors (Lipinski definition) is 5. The zero-order valence-corrected chi connectivity index (χ0v) is 10.7. The Balaban J connectivity index is 3.28. The second-order valence-electron chi connectivity index (χ2n) is 3.45. The molecule has 0 fully saturated rings. The lowest BCUT2D eigenvalue weighted by atomic mass is 10.3. The number of nitrogens with one attached hydrogen (secondary N) is 1. The van der Waals surface area contributed by atoms with Gasteiger partial charge in [-0.05, 0) is 13.2 Å². The number of aliphatic hydroxyl groups excluding tert-OH is 1. The lowest BCUT2D eigenvalue weighted by Crippen LogP contribution is -2.33. The van der Waals surface area contributed by atoms with Crippen LogP contribution in [0.1, 0.15) is 6.92 Å². The molecule has 2 atom stereocenters. The largest absolute Gasteiger partial charge is 0.389 e. The molecule has 0 radical (unpaired) electrons. The fourth-order valence-electron chi connectivity index (χ4n) is 1.06. The molecule has 2 unspecified atom stereocenters. The summed E-state index contributed by atoms with van der Waals surface area (Å²) in [5, 5.41) is 12.7. The molecule has 0 aromatic carbocycles. The highest BCUT2D eigenvalue weighted by molar-refractivity contribution is 7.98. The Bertz CT molecular complexity index is 138. The summed E-state index contributed by atoms with van der Waals surface area (Å²) in [5.41, 5.74) is 0. The van der Waals surface area contributed by atoms with Gasteiger partial charge in [0.25, 0.3) is 0 Å². The molecule has 0 aromatic rings. The van der Waals surface area contributed by atoms with Gasteiger partial charge in [0.15, 0.2) is 0 Å². The van der Waals surface area contributed by atoms with E-state index in [0.717, 1.165) is 12.3 Å². The van der Waals surface area contributed by atoms with Gasteiger partial charge in [0.1, 0.15) is 0 Å². The van der Waals surface area contributed by atoms with Crippen molar-refractivity contribution >= 4 is 11.8 Å². The number of rotatable bonds is 10. The highest BCUT2D eigenvalue weighted by atomic mass is 32.2. The van der Waals surface area contributed by atoms with Gasteiger partial charge in [0.05, 0.1) is 25.4 Å². The first-order valence-corrected chi connectivity index (χ1v) is 6.58. The summed E-state index contributed by atoms with van der Waals surface area (Å²) >= 11 is 1.79. The molecule has 0 aliphatic rings. The minimum absolute atomic E-state index is 0.0378. The van der Waals surface area contributed by atoms with Gasteiger partial charge >= 0.3 is 0 Å². The molecular weight excluding hydrogens is 214 g/mol. The van der Waals surface area contributed by atoms with Crippen LogP contribution in [-0.2, 0) is 9.47 Å². The topological polar surface area (TPSA) is 50.7 Å². The predicted octanol–water partition coefficient (Wildman–Crippen LogP) is 0.351. The maximum absolute atomic E-state index is 9.53. The van der Waals surface area contributed by atoms with Gasteiger partial charge in [-0.2, -0.15) is 11.8 Å². The molecule has 0 saturated carbocycles. The molecule has 5 heteroatoms. The first kappa shape index (κ1) is 15.2. The number of thioether (sulfide) groups is 1. The van der Waals surface area contributed by atoms with Crippen molar-refractivity contribution < 1.29 is 14.6 Å². The van der Waals surface area contributed by atoms with E-state index >= 15 is 0 Å². The normalized spacial score (nSPS) is 15.2. The summed E-state index contributed by atoms with van der Waals surface area (Å²) in [7, 11) is 1.64. The van der Waals surface area contributed by atoms with Gasteiger partial charge < -0.3 is 19.9 Å². The number of ether oxygens (including phenoxy) is 2. The van der Waals surface area contributed by atoms with Crippen LogP contribution in [0, 0.1) is 0 Å². The van der Waals surface area contributed by atoms with Gasteiger partial charge in [-0.1, -0.05) is 0 Å². The third-order valence-corrected chi connectivity index (χ3v) is 2.45. The van der Waals surface area contributed by atoms with Crippen LogP contribution < -0.4 is 5.32 Å². The minimum atomic E-state index is -0.439. The van der Waals surface area contributed by atoms with E-state index in [4.69, 9.17) is 9.47 Å². The smallest absolute Gasteiger partial charge is 0.0897 e. The van der Waals surface area contributed by atoms with Crippen LogP contribution in [0.2, 0.25) is 0 Å². The standard InChI is InChI=1S/C10H23NO3S/c1-9(7-13-2)14-8-10(12)6-11-4-5-15-3/h9-12H,4-8H2,1-3H3. The molecule has 0 amide bonds. The zero-order chi connectivity index (χ0) is 11.5. The lowest BCUT2D eigenvalue weighted by molar-refractivity contribution is -0.0309. The second-order valence-corrected chi connectivity index (χ2v) is 4.44. The average molecular weight is 237 g/mol. The highest BCUT2D eigenvalue weighted by Gasteiger charge is 2.07. The van der Waals surface area contributed by atoms with Gasteiger partial charge in [-0.3, -0.25) is 0 Å². The Morgan fingerprint density at radius 1 is 1.40 bits per heavy atom. The molecule has 4 nitrogen and oxygen atoms in total. The quantitative estimate of drug-likeness (QED) is 0.537. The van der Waals surface area contributed by atoms with Crippen molar-refractivity contribution in [2.24, 2.45) is 0 Å². The van der Waals surface area contributed by atoms with Gasteiger partial charge in [0.2, 0.25) is 0 Å². The third kappa shape index (κ3) is 10.5. The van der Waals surface area contributed by atoms with E-state index < -0.39 is 6.10 Å². The molecule has 0 spiro atoms. The van der Waals surface area contributed by atoms with Crippen molar-refractivity contribution in [3.8, 4) is 0 Å². The molecule has 0 heterocycles. The summed E-state index contributed by atoms with van der Waals surface area (Å²) in [4.78, 5) is 0. The first-order chi connectivity index (χ1) is 7.20.